The molecule has 2 atom stereocenters. The van der Waals surface area contributed by atoms with Crippen LogP contribution in [0.3, 0.4) is 0 Å². The molecule has 0 saturated carbocycles. The molecule has 0 radical (unpaired) electrons. The molecule has 0 saturated heterocycles. The SMILES string of the molecule is [2H]C([2H])([2H])S(=O)C([2H])([2H])C1c2ccccc2C=CN1O. The number of benzene rings is 1. The molecule has 1 aromatic rings. The predicted octanol–water partition coefficient (Wildman–Crippen LogP) is 1.78. The highest BCUT2D eigenvalue weighted by Crippen LogP contribution is 2.29. The fourth-order valence-corrected chi connectivity index (χ4v) is 1.95. The Morgan fingerprint density at radius 1 is 1.67 bits per heavy atom. The first-order valence-corrected chi connectivity index (χ1v) is 5.47. The molecule has 1 aromatic carbocycles. The van der Waals surface area contributed by atoms with E-state index in [4.69, 9.17) is 6.85 Å². The van der Waals surface area contributed by atoms with Crippen molar-refractivity contribution >= 4 is 16.9 Å². The normalized spacial score (nSPS) is 27.9. The predicted molar refractivity (Wildman–Crippen MR) is 60.8 cm³/mol. The maximum Gasteiger partial charge on any atom is 0.0926 e. The van der Waals surface area contributed by atoms with Gasteiger partial charge in [-0.1, -0.05) is 24.3 Å². The molecular formula is C11H13NO2S. The molecule has 0 amide bonds. The third kappa shape index (κ3) is 2.11. The van der Waals surface area contributed by atoms with Gasteiger partial charge in [0.2, 0.25) is 0 Å². The summed E-state index contributed by atoms with van der Waals surface area (Å²) in [7, 11) is -2.78. The summed E-state index contributed by atoms with van der Waals surface area (Å²) < 4.78 is 49.2. The monoisotopic (exact) mass is 228 g/mol. The lowest BCUT2D eigenvalue weighted by molar-refractivity contribution is -0.0741. The lowest BCUT2D eigenvalue weighted by atomic mass is 9.99. The van der Waals surface area contributed by atoms with Crippen molar-refractivity contribution in [2.45, 2.75) is 6.04 Å². The van der Waals surface area contributed by atoms with Crippen LogP contribution in [0.15, 0.2) is 30.5 Å². The minimum absolute atomic E-state index is 0.389. The first-order chi connectivity index (χ1) is 9.15. The van der Waals surface area contributed by atoms with E-state index in [1.807, 2.05) is 0 Å². The number of nitrogens with zero attached hydrogens (tertiary/aromatic N) is 1. The summed E-state index contributed by atoms with van der Waals surface area (Å²) in [5, 5.41) is 10.4. The molecule has 2 rings (SSSR count). The smallest absolute Gasteiger partial charge is 0.0926 e. The third-order valence-electron chi connectivity index (χ3n) is 2.18. The van der Waals surface area contributed by atoms with Gasteiger partial charge in [0.25, 0.3) is 0 Å². The van der Waals surface area contributed by atoms with Gasteiger partial charge in [0.15, 0.2) is 0 Å². The first-order valence-electron chi connectivity index (χ1n) is 6.82. The molecule has 80 valence electrons. The molecule has 4 heteroatoms. The molecule has 15 heavy (non-hydrogen) atoms. The van der Waals surface area contributed by atoms with E-state index in [1.54, 1.807) is 30.3 Å². The molecule has 2 unspecified atom stereocenters. The molecule has 0 bridgehead atoms. The van der Waals surface area contributed by atoms with Gasteiger partial charge in [0.1, 0.15) is 0 Å². The molecule has 0 aromatic heterocycles. The first kappa shape index (κ1) is 5.82. The van der Waals surface area contributed by atoms with Crippen LogP contribution in [0.2, 0.25) is 0 Å². The Balaban J connectivity index is 2.51. The lowest BCUT2D eigenvalue weighted by Gasteiger charge is -2.29. The minimum Gasteiger partial charge on any atom is -0.288 e. The fourth-order valence-electron chi connectivity index (χ4n) is 1.52. The second-order valence-corrected chi connectivity index (χ2v) is 3.89. The van der Waals surface area contributed by atoms with Crippen LogP contribution >= 0.6 is 0 Å². The fraction of sp³-hybridized carbons (Fsp3) is 0.273. The Hall–Kier alpha value is -1.13. The van der Waals surface area contributed by atoms with Gasteiger partial charge >= 0.3 is 0 Å². The maximum atomic E-state index is 12.0. The number of rotatable bonds is 2. The second-order valence-electron chi connectivity index (χ2n) is 3.11. The van der Waals surface area contributed by atoms with Crippen LogP contribution in [-0.2, 0) is 10.8 Å². The molecule has 3 nitrogen and oxygen atoms in total. The van der Waals surface area contributed by atoms with Crippen LogP contribution < -0.4 is 0 Å². The molecule has 1 heterocycles. The number of hydrogen-bond donors (Lipinski definition) is 1. The van der Waals surface area contributed by atoms with Crippen molar-refractivity contribution in [2.75, 3.05) is 11.9 Å². The van der Waals surface area contributed by atoms with Gasteiger partial charge in [-0.2, -0.15) is 0 Å². The molecular weight excluding hydrogens is 210 g/mol. The average Bonchev–Trinajstić information content (AvgIpc) is 2.36. The Kier molecular flexibility index (Phi) is 1.62. The highest BCUT2D eigenvalue weighted by Gasteiger charge is 2.22. The van der Waals surface area contributed by atoms with Crippen molar-refractivity contribution in [3.05, 3.63) is 41.6 Å². The standard InChI is InChI=1S/C11H13NO2S/c1-15(14)8-11-10-5-3-2-4-9(10)6-7-12(11)13/h2-7,11,13H,8H2,1H3/i1D3,8D2. The number of hydrogen-bond acceptors (Lipinski definition) is 3. The second kappa shape index (κ2) is 4.16. The summed E-state index contributed by atoms with van der Waals surface area (Å²) in [4.78, 5) is 0. The molecule has 0 spiro atoms. The van der Waals surface area contributed by atoms with E-state index in [0.717, 1.165) is 0 Å². The van der Waals surface area contributed by atoms with E-state index in [2.05, 4.69) is 0 Å². The van der Waals surface area contributed by atoms with Crippen LogP contribution in [0.5, 0.6) is 0 Å². The van der Waals surface area contributed by atoms with Crippen molar-refractivity contribution in [3.8, 4) is 0 Å². The van der Waals surface area contributed by atoms with E-state index in [0.29, 0.717) is 16.2 Å². The van der Waals surface area contributed by atoms with Crippen LogP contribution in [0, 0.1) is 0 Å². The molecule has 0 aliphatic carbocycles. The third-order valence-corrected chi connectivity index (χ3v) is 2.62. The van der Waals surface area contributed by atoms with Crippen LogP contribution in [0.25, 0.3) is 6.08 Å². The summed E-state index contributed by atoms with van der Waals surface area (Å²) in [6.07, 6.45) is -0.165. The van der Waals surface area contributed by atoms with E-state index < -0.39 is 28.7 Å². The zero-order valence-corrected chi connectivity index (χ0v) is 8.57. The molecule has 0 fully saturated rings. The van der Waals surface area contributed by atoms with Crippen LogP contribution in [-0.4, -0.2) is 26.4 Å². The van der Waals surface area contributed by atoms with Gasteiger partial charge in [-0.05, 0) is 17.2 Å². The van der Waals surface area contributed by atoms with Crippen molar-refractivity contribution in [3.63, 3.8) is 0 Å². The molecule has 1 aliphatic rings. The Labute approximate surface area is 98.5 Å². The Morgan fingerprint density at radius 3 is 3.27 bits per heavy atom. The zero-order chi connectivity index (χ0) is 15.1. The van der Waals surface area contributed by atoms with Gasteiger partial charge in [0.05, 0.1) is 11.7 Å². The zero-order valence-electron chi connectivity index (χ0n) is 12.8. The molecule has 1 aliphatic heterocycles. The van der Waals surface area contributed by atoms with Gasteiger partial charge < -0.3 is 0 Å². The largest absolute Gasteiger partial charge is 0.288 e. The number of hydroxylamine groups is 2. The Morgan fingerprint density at radius 2 is 2.47 bits per heavy atom. The van der Waals surface area contributed by atoms with Gasteiger partial charge in [-0.3, -0.25) is 14.5 Å². The van der Waals surface area contributed by atoms with E-state index in [9.17, 15) is 9.42 Å². The summed E-state index contributed by atoms with van der Waals surface area (Å²) >= 11 is 0. The maximum absolute atomic E-state index is 12.0. The van der Waals surface area contributed by atoms with Crippen molar-refractivity contribution in [1.82, 2.24) is 5.06 Å². The lowest BCUT2D eigenvalue weighted by Crippen LogP contribution is -2.27. The Bertz CT molecular complexity index is 572. The topological polar surface area (TPSA) is 40.5 Å². The van der Waals surface area contributed by atoms with E-state index in [-0.39, 0.29) is 0 Å². The number of fused-ring (bicyclic) bond motifs is 1. The molecule has 1 N–H and O–H groups in total. The van der Waals surface area contributed by atoms with Gasteiger partial charge in [-0.25, -0.2) is 0 Å². The summed E-state index contributed by atoms with van der Waals surface area (Å²) in [6.45, 7) is 0. The van der Waals surface area contributed by atoms with E-state index in [1.165, 1.54) is 6.20 Å². The summed E-state index contributed by atoms with van der Waals surface area (Å²) in [5.41, 5.74) is -1.60. The summed E-state index contributed by atoms with van der Waals surface area (Å²) in [5.74, 6) is 0. The average molecular weight is 228 g/mol. The highest BCUT2D eigenvalue weighted by molar-refractivity contribution is 7.84. The van der Waals surface area contributed by atoms with Crippen LogP contribution in [0.4, 0.5) is 0 Å². The van der Waals surface area contributed by atoms with Gasteiger partial charge in [0, 0.05) is 30.0 Å². The van der Waals surface area contributed by atoms with E-state index >= 15 is 0 Å². The highest BCUT2D eigenvalue weighted by atomic mass is 32.2. The summed E-state index contributed by atoms with van der Waals surface area (Å²) in [6, 6.07) is 5.32. The van der Waals surface area contributed by atoms with Crippen molar-refractivity contribution in [1.29, 1.82) is 0 Å². The van der Waals surface area contributed by atoms with Crippen molar-refractivity contribution < 1.29 is 16.3 Å². The van der Waals surface area contributed by atoms with Gasteiger partial charge in [-0.15, -0.1) is 0 Å². The van der Waals surface area contributed by atoms with Crippen molar-refractivity contribution in [2.24, 2.45) is 0 Å². The van der Waals surface area contributed by atoms with Crippen LogP contribution in [0.1, 0.15) is 24.0 Å². The quantitative estimate of drug-likeness (QED) is 0.839. The minimum atomic E-state index is -2.96.